The molecule has 32 heavy (non-hydrogen) atoms. The van der Waals surface area contributed by atoms with E-state index in [-0.39, 0.29) is 92.4 Å². The van der Waals surface area contributed by atoms with Crippen molar-refractivity contribution in [3.63, 3.8) is 0 Å². The number of carbonyl (C=O) groups is 2. The molecule has 12 heteroatoms. The standard InChI is InChI=1S/C20H26F3N5O3.ClH/c1-11-7-28(17(30)10-31-11)8-13(24)6-16(29)27-5-4-14-15(9-27)25-19(12-2-3-12)26-18(14)20(21,22)23;/h11-13H,2-10,24H2,1H3;1H/t11-,13-;/m0./s1. The van der Waals surface area contributed by atoms with Crippen LogP contribution < -0.4 is 5.73 Å². The molecule has 8 nitrogen and oxygen atoms in total. The molecule has 1 aromatic rings. The summed E-state index contributed by atoms with van der Waals surface area (Å²) in [6.45, 7) is 2.67. The Bertz CT molecular complexity index is 881. The smallest absolute Gasteiger partial charge is 0.367 e. The summed E-state index contributed by atoms with van der Waals surface area (Å²) in [4.78, 5) is 36.0. The zero-order valence-electron chi connectivity index (χ0n) is 17.7. The normalized spacial score (nSPS) is 22.3. The summed E-state index contributed by atoms with van der Waals surface area (Å²) in [5.74, 6) is -0.236. The van der Waals surface area contributed by atoms with Gasteiger partial charge < -0.3 is 20.3 Å². The first-order valence-corrected chi connectivity index (χ1v) is 10.5. The van der Waals surface area contributed by atoms with Crippen LogP contribution in [0.5, 0.6) is 0 Å². The average molecular weight is 478 g/mol. The van der Waals surface area contributed by atoms with Gasteiger partial charge in [0.15, 0.2) is 5.69 Å². The summed E-state index contributed by atoms with van der Waals surface area (Å²) in [7, 11) is 0. The highest BCUT2D eigenvalue weighted by Crippen LogP contribution is 2.41. The summed E-state index contributed by atoms with van der Waals surface area (Å²) < 4.78 is 45.8. The number of ether oxygens (including phenoxy) is 1. The van der Waals surface area contributed by atoms with E-state index < -0.39 is 17.9 Å². The molecule has 2 atom stereocenters. The molecule has 178 valence electrons. The van der Waals surface area contributed by atoms with E-state index in [0.717, 1.165) is 12.8 Å². The molecule has 0 radical (unpaired) electrons. The topological polar surface area (TPSA) is 102 Å². The minimum Gasteiger partial charge on any atom is -0.367 e. The van der Waals surface area contributed by atoms with E-state index in [1.807, 2.05) is 6.92 Å². The molecule has 2 fully saturated rings. The van der Waals surface area contributed by atoms with Crippen molar-refractivity contribution in [2.45, 2.75) is 63.4 Å². The van der Waals surface area contributed by atoms with Gasteiger partial charge in [0.1, 0.15) is 12.4 Å². The first kappa shape index (κ1) is 24.7. The quantitative estimate of drug-likeness (QED) is 0.692. The second kappa shape index (κ2) is 9.48. The third-order valence-electron chi connectivity index (χ3n) is 5.86. The van der Waals surface area contributed by atoms with Crippen LogP contribution in [0.1, 0.15) is 54.9 Å². The Morgan fingerprint density at radius 1 is 1.31 bits per heavy atom. The van der Waals surface area contributed by atoms with E-state index in [9.17, 15) is 22.8 Å². The Hall–Kier alpha value is -1.98. The molecule has 1 aromatic heterocycles. The van der Waals surface area contributed by atoms with Crippen LogP contribution in [0.15, 0.2) is 0 Å². The van der Waals surface area contributed by atoms with Gasteiger partial charge in [0.2, 0.25) is 11.8 Å². The number of hydrogen-bond donors (Lipinski definition) is 1. The van der Waals surface area contributed by atoms with E-state index >= 15 is 0 Å². The van der Waals surface area contributed by atoms with Crippen molar-refractivity contribution in [2.75, 3.05) is 26.2 Å². The Morgan fingerprint density at radius 2 is 2.03 bits per heavy atom. The summed E-state index contributed by atoms with van der Waals surface area (Å²) in [5, 5.41) is 0. The highest BCUT2D eigenvalue weighted by atomic mass is 35.5. The predicted molar refractivity (Wildman–Crippen MR) is 110 cm³/mol. The molecule has 0 unspecified atom stereocenters. The van der Waals surface area contributed by atoms with Gasteiger partial charge in [0.05, 0.1) is 18.3 Å². The lowest BCUT2D eigenvalue weighted by atomic mass is 10.0. The average Bonchev–Trinajstić information content (AvgIpc) is 3.54. The van der Waals surface area contributed by atoms with Crippen LogP contribution in [0.3, 0.4) is 0 Å². The second-order valence-electron chi connectivity index (χ2n) is 8.58. The molecule has 0 aromatic carbocycles. The molecule has 2 N–H and O–H groups in total. The molecule has 2 aliphatic heterocycles. The zero-order valence-corrected chi connectivity index (χ0v) is 18.5. The van der Waals surface area contributed by atoms with Crippen LogP contribution in [0.25, 0.3) is 0 Å². The maximum atomic E-state index is 13.5. The van der Waals surface area contributed by atoms with Crippen molar-refractivity contribution in [1.29, 1.82) is 0 Å². The number of halogens is 4. The van der Waals surface area contributed by atoms with E-state index in [1.165, 1.54) is 4.90 Å². The minimum absolute atomic E-state index is 0. The molecule has 4 rings (SSSR count). The van der Waals surface area contributed by atoms with Crippen molar-refractivity contribution in [3.8, 4) is 0 Å². The van der Waals surface area contributed by atoms with Crippen LogP contribution in [0.2, 0.25) is 0 Å². The number of morpholine rings is 1. The van der Waals surface area contributed by atoms with Crippen molar-refractivity contribution in [3.05, 3.63) is 22.8 Å². The minimum atomic E-state index is -4.55. The lowest BCUT2D eigenvalue weighted by molar-refractivity contribution is -0.148. The van der Waals surface area contributed by atoms with Gasteiger partial charge in [-0.3, -0.25) is 9.59 Å². The highest BCUT2D eigenvalue weighted by molar-refractivity contribution is 5.85. The number of fused-ring (bicyclic) bond motifs is 1. The number of aromatic nitrogens is 2. The van der Waals surface area contributed by atoms with Gasteiger partial charge in [0, 0.05) is 43.6 Å². The molecular formula is C20H27ClF3N5O3. The van der Waals surface area contributed by atoms with Crippen LogP contribution in [0.4, 0.5) is 13.2 Å². The number of nitrogens with two attached hydrogens (primary N) is 1. The van der Waals surface area contributed by atoms with Gasteiger partial charge in [-0.1, -0.05) is 0 Å². The molecule has 1 aliphatic carbocycles. The Morgan fingerprint density at radius 3 is 2.69 bits per heavy atom. The van der Waals surface area contributed by atoms with Crippen molar-refractivity contribution in [2.24, 2.45) is 5.73 Å². The molecule has 1 saturated carbocycles. The largest absolute Gasteiger partial charge is 0.433 e. The van der Waals surface area contributed by atoms with Gasteiger partial charge in [-0.25, -0.2) is 9.97 Å². The summed E-state index contributed by atoms with van der Waals surface area (Å²) in [6, 6.07) is -0.568. The van der Waals surface area contributed by atoms with Gasteiger partial charge in [-0.2, -0.15) is 13.2 Å². The first-order valence-electron chi connectivity index (χ1n) is 10.5. The fourth-order valence-corrected chi connectivity index (χ4v) is 4.07. The van der Waals surface area contributed by atoms with Crippen LogP contribution in [-0.2, 0) is 33.5 Å². The van der Waals surface area contributed by atoms with Crippen molar-refractivity contribution >= 4 is 24.2 Å². The third kappa shape index (κ3) is 5.49. The molecule has 3 heterocycles. The molecule has 1 saturated heterocycles. The van der Waals surface area contributed by atoms with Gasteiger partial charge in [-0.15, -0.1) is 12.4 Å². The maximum Gasteiger partial charge on any atom is 0.433 e. The Labute approximate surface area is 190 Å². The number of carbonyl (C=O) groups excluding carboxylic acids is 2. The number of hydrogen-bond acceptors (Lipinski definition) is 6. The molecule has 0 spiro atoms. The molecule has 2 amide bonds. The van der Waals surface area contributed by atoms with E-state index in [0.29, 0.717) is 6.54 Å². The maximum absolute atomic E-state index is 13.5. The molecule has 3 aliphatic rings. The summed E-state index contributed by atoms with van der Waals surface area (Å²) in [5.41, 5.74) is 5.59. The molecule has 0 bridgehead atoms. The number of amides is 2. The number of alkyl halides is 3. The zero-order chi connectivity index (χ0) is 22.3. The fraction of sp³-hybridized carbons (Fsp3) is 0.700. The third-order valence-corrected chi connectivity index (χ3v) is 5.86. The van der Waals surface area contributed by atoms with Crippen LogP contribution >= 0.6 is 12.4 Å². The summed E-state index contributed by atoms with van der Waals surface area (Å²) >= 11 is 0. The monoisotopic (exact) mass is 477 g/mol. The van der Waals surface area contributed by atoms with E-state index in [1.54, 1.807) is 4.90 Å². The van der Waals surface area contributed by atoms with Crippen LogP contribution in [0, 0.1) is 0 Å². The van der Waals surface area contributed by atoms with Gasteiger partial charge in [-0.05, 0) is 26.2 Å². The van der Waals surface area contributed by atoms with Gasteiger partial charge >= 0.3 is 6.18 Å². The number of nitrogens with zero attached hydrogens (tertiary/aromatic N) is 4. The second-order valence-corrected chi connectivity index (χ2v) is 8.58. The van der Waals surface area contributed by atoms with E-state index in [2.05, 4.69) is 9.97 Å². The predicted octanol–water partition coefficient (Wildman–Crippen LogP) is 1.64. The van der Waals surface area contributed by atoms with E-state index in [4.69, 9.17) is 10.5 Å². The lowest BCUT2D eigenvalue weighted by Gasteiger charge is -2.34. The first-order chi connectivity index (χ1) is 14.6. The van der Waals surface area contributed by atoms with Crippen molar-refractivity contribution < 1.29 is 27.5 Å². The Balaban J connectivity index is 0.00000289. The SMILES string of the molecule is C[C@H]1CN(C[C@@H](N)CC(=O)N2CCc3c(nc(C4CC4)nc3C(F)(F)F)C2)C(=O)CO1.Cl. The van der Waals surface area contributed by atoms with Crippen LogP contribution in [-0.4, -0.2) is 70.0 Å². The van der Waals surface area contributed by atoms with Gasteiger partial charge in [0.25, 0.3) is 0 Å². The number of rotatable bonds is 5. The van der Waals surface area contributed by atoms with Crippen molar-refractivity contribution in [1.82, 2.24) is 19.8 Å². The summed E-state index contributed by atoms with van der Waals surface area (Å²) in [6.07, 6.45) is -3.02. The fourth-order valence-electron chi connectivity index (χ4n) is 4.07. The Kier molecular flexibility index (Phi) is 7.31. The molecular weight excluding hydrogens is 451 g/mol. The highest BCUT2D eigenvalue weighted by Gasteiger charge is 2.41. The lowest BCUT2D eigenvalue weighted by Crippen LogP contribution is -2.51.